The molecule has 0 unspecified atom stereocenters. The second-order valence-electron chi connectivity index (χ2n) is 6.67. The van der Waals surface area contributed by atoms with Crippen LogP contribution in [0.5, 0.6) is 0 Å². The third-order valence-electron chi connectivity index (χ3n) is 5.08. The normalized spacial score (nSPS) is 16.6. The quantitative estimate of drug-likeness (QED) is 0.712. The lowest BCUT2D eigenvalue weighted by Gasteiger charge is -2.38. The fourth-order valence-electron chi connectivity index (χ4n) is 3.72. The van der Waals surface area contributed by atoms with Crippen molar-refractivity contribution in [1.82, 2.24) is 9.88 Å². The standard InChI is InChI=1S/C20H19ClFN3O2/c21-13-1-6-16-17(12-23-18(16)11-13)19(20(26)27)25-9-7-24(8-10-25)15-4-2-14(22)3-5-15/h1-6,11-12,19,23H,7-10H2,(H,26,27)/t19-/m1/s1. The number of aromatic amines is 1. The zero-order chi connectivity index (χ0) is 19.0. The average Bonchev–Trinajstić information content (AvgIpc) is 3.05. The summed E-state index contributed by atoms with van der Waals surface area (Å²) in [5, 5.41) is 11.4. The number of nitrogens with one attached hydrogen (secondary N) is 1. The van der Waals surface area contributed by atoms with Crippen LogP contribution in [0.4, 0.5) is 10.1 Å². The topological polar surface area (TPSA) is 59.6 Å². The Morgan fingerprint density at radius 1 is 1.11 bits per heavy atom. The molecule has 1 aromatic heterocycles. The number of nitrogens with zero attached hydrogens (tertiary/aromatic N) is 2. The minimum Gasteiger partial charge on any atom is -0.480 e. The summed E-state index contributed by atoms with van der Waals surface area (Å²) in [6.45, 7) is 2.58. The summed E-state index contributed by atoms with van der Waals surface area (Å²) in [4.78, 5) is 19.3. The number of fused-ring (bicyclic) bond motifs is 1. The van der Waals surface area contributed by atoms with Gasteiger partial charge in [-0.2, -0.15) is 0 Å². The van der Waals surface area contributed by atoms with E-state index in [-0.39, 0.29) is 5.82 Å². The van der Waals surface area contributed by atoms with Crippen molar-refractivity contribution in [3.8, 4) is 0 Å². The van der Waals surface area contributed by atoms with E-state index in [1.165, 1.54) is 12.1 Å². The first-order valence-electron chi connectivity index (χ1n) is 8.77. The number of rotatable bonds is 4. The van der Waals surface area contributed by atoms with E-state index in [4.69, 9.17) is 11.6 Å². The molecule has 4 rings (SSSR count). The maximum atomic E-state index is 13.1. The lowest BCUT2D eigenvalue weighted by molar-refractivity contribution is -0.143. The number of carboxylic acid groups (broad SMARTS) is 1. The van der Waals surface area contributed by atoms with Gasteiger partial charge in [0.2, 0.25) is 0 Å². The fourth-order valence-corrected chi connectivity index (χ4v) is 3.90. The van der Waals surface area contributed by atoms with Crippen molar-refractivity contribution in [1.29, 1.82) is 0 Å². The first-order valence-corrected chi connectivity index (χ1v) is 9.14. The Kier molecular flexibility index (Phi) is 4.76. The number of halogens is 2. The van der Waals surface area contributed by atoms with Crippen LogP contribution in [-0.4, -0.2) is 47.1 Å². The Hall–Kier alpha value is -2.57. The monoisotopic (exact) mass is 387 g/mol. The summed E-state index contributed by atoms with van der Waals surface area (Å²) in [6.07, 6.45) is 1.76. The van der Waals surface area contributed by atoms with Crippen molar-refractivity contribution in [2.75, 3.05) is 31.1 Å². The molecule has 5 nitrogen and oxygen atoms in total. The highest BCUT2D eigenvalue weighted by Gasteiger charge is 2.32. The molecule has 7 heteroatoms. The van der Waals surface area contributed by atoms with Gasteiger partial charge in [0.15, 0.2) is 0 Å². The maximum Gasteiger partial charge on any atom is 0.325 e. The van der Waals surface area contributed by atoms with Crippen molar-refractivity contribution in [2.45, 2.75) is 6.04 Å². The summed E-state index contributed by atoms with van der Waals surface area (Å²) in [5.41, 5.74) is 2.52. The van der Waals surface area contributed by atoms with Crippen LogP contribution in [0.1, 0.15) is 11.6 Å². The number of carbonyl (C=O) groups is 1. The number of hydrogen-bond donors (Lipinski definition) is 2. The molecule has 2 aromatic carbocycles. The number of H-pyrrole nitrogens is 1. The first kappa shape index (κ1) is 17.8. The number of anilines is 1. The second kappa shape index (κ2) is 7.21. The Labute approximate surface area is 161 Å². The molecule has 0 radical (unpaired) electrons. The van der Waals surface area contributed by atoms with Crippen molar-refractivity contribution in [2.24, 2.45) is 0 Å². The maximum absolute atomic E-state index is 13.1. The van der Waals surface area contributed by atoms with E-state index in [9.17, 15) is 14.3 Å². The highest BCUT2D eigenvalue weighted by atomic mass is 35.5. The van der Waals surface area contributed by atoms with Crippen LogP contribution >= 0.6 is 11.6 Å². The van der Waals surface area contributed by atoms with Gasteiger partial charge in [0, 0.05) is 59.6 Å². The molecule has 1 aliphatic heterocycles. The minimum absolute atomic E-state index is 0.261. The van der Waals surface area contributed by atoms with Crippen LogP contribution in [0.25, 0.3) is 10.9 Å². The lowest BCUT2D eigenvalue weighted by Crippen LogP contribution is -2.49. The van der Waals surface area contributed by atoms with E-state index in [0.29, 0.717) is 31.2 Å². The van der Waals surface area contributed by atoms with Gasteiger partial charge in [-0.3, -0.25) is 9.69 Å². The predicted octanol–water partition coefficient (Wildman–Crippen LogP) is 3.91. The molecular formula is C20H19ClFN3O2. The number of hydrogen-bond acceptors (Lipinski definition) is 3. The zero-order valence-corrected chi connectivity index (χ0v) is 15.3. The molecular weight excluding hydrogens is 369 g/mol. The summed E-state index contributed by atoms with van der Waals surface area (Å²) in [7, 11) is 0. The van der Waals surface area contributed by atoms with E-state index < -0.39 is 12.0 Å². The number of benzene rings is 2. The van der Waals surface area contributed by atoms with Gasteiger partial charge in [-0.05, 0) is 36.4 Å². The smallest absolute Gasteiger partial charge is 0.325 e. The minimum atomic E-state index is -0.874. The largest absolute Gasteiger partial charge is 0.480 e. The van der Waals surface area contributed by atoms with Gasteiger partial charge in [-0.25, -0.2) is 4.39 Å². The summed E-state index contributed by atoms with van der Waals surface area (Å²) >= 11 is 6.03. The summed E-state index contributed by atoms with van der Waals surface area (Å²) < 4.78 is 13.1. The molecule has 1 atom stereocenters. The van der Waals surface area contributed by atoms with Crippen molar-refractivity contribution >= 4 is 34.2 Å². The van der Waals surface area contributed by atoms with Crippen LogP contribution in [-0.2, 0) is 4.79 Å². The molecule has 3 aromatic rings. The van der Waals surface area contributed by atoms with Crippen molar-refractivity contribution < 1.29 is 14.3 Å². The molecule has 2 N–H and O–H groups in total. The molecule has 140 valence electrons. The Balaban J connectivity index is 1.55. The molecule has 0 bridgehead atoms. The SMILES string of the molecule is O=C(O)[C@@H](c1c[nH]c2cc(Cl)ccc12)N1CCN(c2ccc(F)cc2)CC1. The van der Waals surface area contributed by atoms with E-state index in [1.807, 2.05) is 11.0 Å². The van der Waals surface area contributed by atoms with E-state index in [1.54, 1.807) is 30.5 Å². The Bertz CT molecular complexity index is 965. The second-order valence-corrected chi connectivity index (χ2v) is 7.11. The molecule has 1 aliphatic rings. The zero-order valence-electron chi connectivity index (χ0n) is 14.5. The van der Waals surface area contributed by atoms with Crippen LogP contribution in [0.15, 0.2) is 48.7 Å². The number of carboxylic acids is 1. The van der Waals surface area contributed by atoms with Gasteiger partial charge < -0.3 is 15.0 Å². The first-order chi connectivity index (χ1) is 13.0. The van der Waals surface area contributed by atoms with Crippen LogP contribution in [0.3, 0.4) is 0 Å². The third-order valence-corrected chi connectivity index (χ3v) is 5.31. The number of piperazine rings is 1. The summed E-state index contributed by atoms with van der Waals surface area (Å²) in [5.74, 6) is -1.14. The van der Waals surface area contributed by atoms with Crippen molar-refractivity contribution in [3.63, 3.8) is 0 Å². The van der Waals surface area contributed by atoms with Gasteiger partial charge in [-0.15, -0.1) is 0 Å². The molecule has 1 saturated heterocycles. The van der Waals surface area contributed by atoms with Gasteiger partial charge in [0.05, 0.1) is 0 Å². The van der Waals surface area contributed by atoms with E-state index in [0.717, 1.165) is 22.2 Å². The van der Waals surface area contributed by atoms with Gasteiger partial charge in [0.1, 0.15) is 11.9 Å². The van der Waals surface area contributed by atoms with Gasteiger partial charge in [-0.1, -0.05) is 17.7 Å². The van der Waals surface area contributed by atoms with Crippen LogP contribution in [0, 0.1) is 5.82 Å². The third kappa shape index (κ3) is 3.50. The van der Waals surface area contributed by atoms with Gasteiger partial charge >= 0.3 is 5.97 Å². The highest BCUT2D eigenvalue weighted by molar-refractivity contribution is 6.31. The van der Waals surface area contributed by atoms with E-state index in [2.05, 4.69) is 9.88 Å². The molecule has 0 aliphatic carbocycles. The lowest BCUT2D eigenvalue weighted by atomic mass is 10.0. The van der Waals surface area contributed by atoms with Gasteiger partial charge in [0.25, 0.3) is 0 Å². The molecule has 0 saturated carbocycles. The Morgan fingerprint density at radius 2 is 1.81 bits per heavy atom. The van der Waals surface area contributed by atoms with Crippen molar-refractivity contribution in [3.05, 3.63) is 65.1 Å². The highest BCUT2D eigenvalue weighted by Crippen LogP contribution is 2.31. The Morgan fingerprint density at radius 3 is 2.48 bits per heavy atom. The van der Waals surface area contributed by atoms with E-state index >= 15 is 0 Å². The van der Waals surface area contributed by atoms with Crippen LogP contribution in [0.2, 0.25) is 5.02 Å². The fraction of sp³-hybridized carbons (Fsp3) is 0.250. The van der Waals surface area contributed by atoms with Crippen LogP contribution < -0.4 is 4.90 Å². The molecule has 1 fully saturated rings. The molecule has 2 heterocycles. The number of aromatic nitrogens is 1. The average molecular weight is 388 g/mol. The predicted molar refractivity (Wildman–Crippen MR) is 104 cm³/mol. The molecule has 0 spiro atoms. The number of aliphatic carboxylic acids is 1. The molecule has 27 heavy (non-hydrogen) atoms. The summed E-state index contributed by atoms with van der Waals surface area (Å²) in [6, 6.07) is 11.1. The molecule has 0 amide bonds.